The van der Waals surface area contributed by atoms with Crippen LogP contribution in [-0.2, 0) is 9.59 Å². The summed E-state index contributed by atoms with van der Waals surface area (Å²) in [7, 11) is 0. The summed E-state index contributed by atoms with van der Waals surface area (Å²) >= 11 is 11.1. The summed E-state index contributed by atoms with van der Waals surface area (Å²) in [5.74, 6) is -0.692. The fourth-order valence-corrected chi connectivity index (χ4v) is 3.90. The van der Waals surface area contributed by atoms with E-state index in [2.05, 4.69) is 15.7 Å². The number of alkyl halides is 2. The third-order valence-electron chi connectivity index (χ3n) is 5.56. The highest BCUT2D eigenvalue weighted by atomic mass is 35.5. The maximum absolute atomic E-state index is 11.5. The molecule has 36 heavy (non-hydrogen) atoms. The molecule has 0 fully saturated rings. The van der Waals surface area contributed by atoms with Gasteiger partial charge in [-0.1, -0.05) is 60.7 Å². The number of amides is 2. The van der Waals surface area contributed by atoms with Crippen molar-refractivity contribution in [2.45, 2.75) is 0 Å². The molecule has 0 spiro atoms. The van der Waals surface area contributed by atoms with Crippen LogP contribution in [0.5, 0.6) is 0 Å². The normalized spacial score (nSPS) is 10.5. The molecule has 0 radical (unpaired) electrons. The molecule has 0 saturated heterocycles. The number of carbonyl (C=O) groups excluding carboxylic acids is 2. The fraction of sp³-hybridized carbons (Fsp3) is 0.0714. The average Bonchev–Trinajstić information content (AvgIpc) is 2.93. The van der Waals surface area contributed by atoms with E-state index in [1.54, 1.807) is 0 Å². The lowest BCUT2D eigenvalue weighted by Crippen LogP contribution is -2.12. The van der Waals surface area contributed by atoms with Crippen molar-refractivity contribution in [3.63, 3.8) is 0 Å². The Morgan fingerprint density at radius 2 is 1.00 bits per heavy atom. The van der Waals surface area contributed by atoms with Gasteiger partial charge in [0.2, 0.25) is 11.8 Å². The lowest BCUT2D eigenvalue weighted by molar-refractivity contribution is -0.114. The Labute approximate surface area is 218 Å². The molecule has 6 nitrogen and oxygen atoms in total. The Morgan fingerprint density at radius 1 is 0.611 bits per heavy atom. The molecule has 4 rings (SSSR count). The quantitative estimate of drug-likeness (QED) is 0.165. The van der Waals surface area contributed by atoms with Crippen LogP contribution in [0.2, 0.25) is 0 Å². The third kappa shape index (κ3) is 5.97. The van der Waals surface area contributed by atoms with E-state index in [0.717, 1.165) is 33.4 Å². The van der Waals surface area contributed by atoms with E-state index >= 15 is 0 Å². The SMILES string of the molecule is N=Nc1cc(-c2ccc(NC(=O)CCl)cc2)ccc1-c1ccc(-c2ccc(NC(=O)CCl)cc2)cc1. The highest BCUT2D eigenvalue weighted by Crippen LogP contribution is 2.35. The molecule has 8 heteroatoms. The fourth-order valence-electron chi connectivity index (χ4n) is 3.77. The van der Waals surface area contributed by atoms with Crippen molar-refractivity contribution in [2.75, 3.05) is 22.4 Å². The van der Waals surface area contributed by atoms with Gasteiger partial charge in [0.25, 0.3) is 0 Å². The van der Waals surface area contributed by atoms with Gasteiger partial charge in [-0.3, -0.25) is 9.59 Å². The number of benzene rings is 4. The number of rotatable bonds is 8. The first-order chi connectivity index (χ1) is 17.5. The minimum atomic E-state index is -0.261. The molecular weight excluding hydrogens is 495 g/mol. The summed E-state index contributed by atoms with van der Waals surface area (Å²) in [5, 5.41) is 9.19. The van der Waals surface area contributed by atoms with Gasteiger partial charge in [-0.2, -0.15) is 5.11 Å². The molecule has 2 amide bonds. The largest absolute Gasteiger partial charge is 0.325 e. The zero-order chi connectivity index (χ0) is 25.5. The van der Waals surface area contributed by atoms with E-state index in [9.17, 15) is 9.59 Å². The third-order valence-corrected chi connectivity index (χ3v) is 6.05. The number of nitrogens with one attached hydrogen (secondary N) is 3. The second kappa shape index (κ2) is 11.6. The van der Waals surface area contributed by atoms with Crippen LogP contribution in [0.25, 0.3) is 33.4 Å². The summed E-state index contributed by atoms with van der Waals surface area (Å²) in [5.41, 5.74) is 15.3. The van der Waals surface area contributed by atoms with Gasteiger partial charge in [0.15, 0.2) is 0 Å². The number of hydrogen-bond acceptors (Lipinski definition) is 4. The van der Waals surface area contributed by atoms with Crippen LogP contribution in [0.4, 0.5) is 17.1 Å². The van der Waals surface area contributed by atoms with Gasteiger partial charge in [-0.25, -0.2) is 5.53 Å². The van der Waals surface area contributed by atoms with Crippen molar-refractivity contribution in [3.05, 3.63) is 91.0 Å². The van der Waals surface area contributed by atoms with Gasteiger partial charge < -0.3 is 10.6 Å². The van der Waals surface area contributed by atoms with E-state index in [0.29, 0.717) is 17.1 Å². The van der Waals surface area contributed by atoms with Crippen LogP contribution >= 0.6 is 23.2 Å². The second-order valence-electron chi connectivity index (χ2n) is 7.94. The minimum absolute atomic E-state index is 0.0856. The van der Waals surface area contributed by atoms with E-state index in [-0.39, 0.29) is 23.6 Å². The van der Waals surface area contributed by atoms with Gasteiger partial charge in [-0.15, -0.1) is 23.2 Å². The van der Waals surface area contributed by atoms with Crippen LogP contribution in [0.15, 0.2) is 96.1 Å². The highest BCUT2D eigenvalue weighted by Gasteiger charge is 2.09. The number of halogens is 2. The average molecular weight is 517 g/mol. The summed E-state index contributed by atoms with van der Waals surface area (Å²) in [6.45, 7) is 0. The van der Waals surface area contributed by atoms with E-state index < -0.39 is 0 Å². The zero-order valence-corrected chi connectivity index (χ0v) is 20.6. The van der Waals surface area contributed by atoms with Gasteiger partial charge in [-0.05, 0) is 58.1 Å². The minimum Gasteiger partial charge on any atom is -0.325 e. The molecule has 4 aromatic rings. The lowest BCUT2D eigenvalue weighted by atomic mass is 9.96. The number of carbonyl (C=O) groups is 2. The van der Waals surface area contributed by atoms with Crippen molar-refractivity contribution in [2.24, 2.45) is 5.11 Å². The predicted octanol–water partition coefficient (Wildman–Crippen LogP) is 7.70. The van der Waals surface area contributed by atoms with Gasteiger partial charge >= 0.3 is 0 Å². The molecule has 0 aliphatic heterocycles. The molecule has 0 atom stereocenters. The number of hydrogen-bond donors (Lipinski definition) is 3. The van der Waals surface area contributed by atoms with Crippen LogP contribution < -0.4 is 10.6 Å². The maximum atomic E-state index is 11.5. The summed E-state index contributed by atoms with van der Waals surface area (Å²) < 4.78 is 0. The Kier molecular flexibility index (Phi) is 8.10. The van der Waals surface area contributed by atoms with Gasteiger partial charge in [0.1, 0.15) is 11.8 Å². The van der Waals surface area contributed by atoms with E-state index in [4.69, 9.17) is 28.7 Å². The predicted molar refractivity (Wildman–Crippen MR) is 146 cm³/mol. The Morgan fingerprint density at radius 3 is 1.44 bits per heavy atom. The second-order valence-corrected chi connectivity index (χ2v) is 8.47. The van der Waals surface area contributed by atoms with Crippen molar-refractivity contribution in [1.82, 2.24) is 0 Å². The first-order valence-corrected chi connectivity index (χ1v) is 12.1. The summed E-state index contributed by atoms with van der Waals surface area (Å²) in [6.07, 6.45) is 0. The first-order valence-electron chi connectivity index (χ1n) is 11.0. The zero-order valence-electron chi connectivity index (χ0n) is 19.1. The van der Waals surface area contributed by atoms with Crippen LogP contribution in [-0.4, -0.2) is 23.6 Å². The maximum Gasteiger partial charge on any atom is 0.239 e. The molecule has 0 aliphatic carbocycles. The van der Waals surface area contributed by atoms with Crippen LogP contribution in [0.1, 0.15) is 0 Å². The molecule has 4 aromatic carbocycles. The van der Waals surface area contributed by atoms with Gasteiger partial charge in [0, 0.05) is 16.9 Å². The number of nitrogens with zero attached hydrogens (tertiary/aromatic N) is 1. The van der Waals surface area contributed by atoms with Gasteiger partial charge in [0.05, 0.1) is 5.69 Å². The van der Waals surface area contributed by atoms with Crippen molar-refractivity contribution < 1.29 is 9.59 Å². The van der Waals surface area contributed by atoms with Crippen LogP contribution in [0.3, 0.4) is 0 Å². The van der Waals surface area contributed by atoms with Crippen LogP contribution in [0, 0.1) is 5.53 Å². The molecule has 0 saturated carbocycles. The molecule has 3 N–H and O–H groups in total. The first kappa shape index (κ1) is 25.1. The van der Waals surface area contributed by atoms with E-state index in [1.165, 1.54) is 0 Å². The molecule has 0 heterocycles. The topological polar surface area (TPSA) is 94.4 Å². The highest BCUT2D eigenvalue weighted by molar-refractivity contribution is 6.29. The molecular formula is C28H22Cl2N4O2. The molecule has 180 valence electrons. The summed E-state index contributed by atoms with van der Waals surface area (Å²) in [4.78, 5) is 22.9. The molecule has 0 aromatic heterocycles. The van der Waals surface area contributed by atoms with Crippen molar-refractivity contribution >= 4 is 52.1 Å². The number of anilines is 2. The Bertz CT molecular complexity index is 1390. The molecule has 0 aliphatic rings. The smallest absolute Gasteiger partial charge is 0.239 e. The molecule has 0 bridgehead atoms. The Balaban J connectivity index is 1.53. The Hall–Kier alpha value is -4.00. The van der Waals surface area contributed by atoms with Crippen molar-refractivity contribution in [3.8, 4) is 33.4 Å². The molecule has 0 unspecified atom stereocenters. The van der Waals surface area contributed by atoms with E-state index in [1.807, 2.05) is 91.0 Å². The standard InChI is InChI=1S/C28H22Cl2N4O2/c29-16-27(35)32-23-10-5-19(6-11-23)18-1-3-21(4-2-18)25-14-9-22(15-26(25)34-31)20-7-12-24(13-8-20)33-28(36)17-30/h1-15,31H,16-17H2,(H,32,35)(H,33,36). The monoisotopic (exact) mass is 516 g/mol. The summed E-state index contributed by atoms with van der Waals surface area (Å²) in [6, 6.07) is 28.8. The van der Waals surface area contributed by atoms with Crippen molar-refractivity contribution in [1.29, 1.82) is 5.53 Å². The lowest BCUT2D eigenvalue weighted by Gasteiger charge is -2.11.